The summed E-state index contributed by atoms with van der Waals surface area (Å²) >= 11 is 0. The summed E-state index contributed by atoms with van der Waals surface area (Å²) in [6, 6.07) is 20.5. The van der Waals surface area contributed by atoms with E-state index in [4.69, 9.17) is 9.84 Å². The molecule has 0 spiro atoms. The minimum Gasteiger partial charge on any atom is -0.488 e. The monoisotopic (exact) mass is 509 g/mol. The number of amides is 1. The lowest BCUT2D eigenvalue weighted by molar-refractivity contribution is 0.206. The lowest BCUT2D eigenvalue weighted by Crippen LogP contribution is -2.13. The predicted octanol–water partition coefficient (Wildman–Crippen LogP) is 5.35. The van der Waals surface area contributed by atoms with E-state index in [1.165, 1.54) is 24.7 Å². The van der Waals surface area contributed by atoms with Crippen molar-refractivity contribution >= 4 is 27.8 Å². The Labute approximate surface area is 208 Å². The van der Waals surface area contributed by atoms with Crippen LogP contribution in [0, 0.1) is 5.82 Å². The number of carbonyl (C=O) groups is 1. The standard InChI is InChI=1S/C25H24FN5O4S/c1-36(34,31-25(32)33)15-18-5-4-6-20(13-18)29-24-28-16-27-23(30-24)21-7-2-3-8-22(21)35-14-17-9-11-19(26)12-10-17/h2-13,16,36H,14-15H2,1H3,(H,31,34)(H,32,33)(H,27,28,29,30). The molecule has 0 fully saturated rings. The van der Waals surface area contributed by atoms with Gasteiger partial charge in [-0.15, -0.1) is 0 Å². The number of carboxylic acid groups (broad SMARTS) is 1. The Morgan fingerprint density at radius 3 is 2.61 bits per heavy atom. The van der Waals surface area contributed by atoms with Crippen LogP contribution in [0.5, 0.6) is 5.75 Å². The molecule has 0 bridgehead atoms. The van der Waals surface area contributed by atoms with Crippen LogP contribution in [0.1, 0.15) is 11.1 Å². The van der Waals surface area contributed by atoms with Crippen LogP contribution >= 0.6 is 0 Å². The minimum absolute atomic E-state index is 0.121. The molecule has 0 aliphatic heterocycles. The summed E-state index contributed by atoms with van der Waals surface area (Å²) in [4.78, 5) is 23.8. The van der Waals surface area contributed by atoms with Gasteiger partial charge in [0.15, 0.2) is 5.82 Å². The summed E-state index contributed by atoms with van der Waals surface area (Å²) in [5.74, 6) is 1.07. The van der Waals surface area contributed by atoms with Crippen LogP contribution in [0.4, 0.5) is 20.8 Å². The van der Waals surface area contributed by atoms with Crippen LogP contribution in [0.25, 0.3) is 11.4 Å². The fourth-order valence-corrected chi connectivity index (χ4v) is 4.78. The molecular formula is C25H24FN5O4S. The predicted molar refractivity (Wildman–Crippen MR) is 137 cm³/mol. The fraction of sp³-hybridized carbons (Fsp3) is 0.120. The second kappa shape index (κ2) is 11.0. The number of anilines is 2. The van der Waals surface area contributed by atoms with Gasteiger partial charge in [-0.25, -0.2) is 19.2 Å². The number of hydrogen-bond donors (Lipinski definition) is 4. The van der Waals surface area contributed by atoms with Crippen molar-refractivity contribution in [3.05, 3.63) is 96.1 Å². The maximum absolute atomic E-state index is 13.2. The average molecular weight is 510 g/mol. The van der Waals surface area contributed by atoms with Crippen molar-refractivity contribution in [3.63, 3.8) is 0 Å². The maximum Gasteiger partial charge on any atom is 0.437 e. The molecule has 1 amide bonds. The number of para-hydroxylation sites is 1. The SMILES string of the molecule is C[SH](O)(Cc1cccc(Nc2ncnc(-c3ccccc3OCc3ccc(F)cc3)n2)c1)=NC(=O)O. The highest BCUT2D eigenvalue weighted by molar-refractivity contribution is 7.98. The molecule has 3 aromatic carbocycles. The van der Waals surface area contributed by atoms with E-state index in [0.717, 1.165) is 11.1 Å². The molecule has 0 unspecified atom stereocenters. The maximum atomic E-state index is 13.2. The minimum atomic E-state index is -2.98. The largest absolute Gasteiger partial charge is 0.488 e. The summed E-state index contributed by atoms with van der Waals surface area (Å²) in [6.07, 6.45) is 1.44. The summed E-state index contributed by atoms with van der Waals surface area (Å²) in [6.45, 7) is 0.251. The van der Waals surface area contributed by atoms with Crippen LogP contribution in [0.2, 0.25) is 0 Å². The number of aromatic nitrogens is 3. The first-order valence-corrected chi connectivity index (χ1v) is 13.2. The van der Waals surface area contributed by atoms with Gasteiger partial charge in [0.25, 0.3) is 0 Å². The zero-order chi connectivity index (χ0) is 25.5. The smallest absolute Gasteiger partial charge is 0.437 e. The number of ether oxygens (including phenoxy) is 1. The Morgan fingerprint density at radius 1 is 1.06 bits per heavy atom. The molecular weight excluding hydrogens is 485 g/mol. The van der Waals surface area contributed by atoms with Crippen molar-refractivity contribution in [1.82, 2.24) is 15.0 Å². The summed E-state index contributed by atoms with van der Waals surface area (Å²) < 4.78 is 32.8. The number of hydrogen-bond acceptors (Lipinski definition) is 6. The zero-order valence-corrected chi connectivity index (χ0v) is 20.1. The molecule has 186 valence electrons. The van der Waals surface area contributed by atoms with E-state index >= 15 is 0 Å². The Balaban J connectivity index is 1.52. The normalized spacial score (nSPS) is 11.5. The lowest BCUT2D eigenvalue weighted by Gasteiger charge is -2.17. The van der Waals surface area contributed by atoms with Gasteiger partial charge in [-0.1, -0.05) is 46.5 Å². The Hall–Kier alpha value is -4.22. The van der Waals surface area contributed by atoms with Crippen molar-refractivity contribution in [2.45, 2.75) is 12.4 Å². The molecule has 3 N–H and O–H groups in total. The summed E-state index contributed by atoms with van der Waals surface area (Å²) in [5.41, 5.74) is 2.86. The number of rotatable bonds is 8. The van der Waals surface area contributed by atoms with E-state index in [-0.39, 0.29) is 18.2 Å². The van der Waals surface area contributed by atoms with E-state index in [1.807, 2.05) is 18.2 Å². The fourth-order valence-electron chi connectivity index (χ4n) is 3.45. The molecule has 0 aliphatic carbocycles. The third-order valence-corrected chi connectivity index (χ3v) is 6.54. The molecule has 4 aromatic rings. The van der Waals surface area contributed by atoms with Crippen molar-refractivity contribution < 1.29 is 23.6 Å². The third-order valence-electron chi connectivity index (χ3n) is 4.97. The van der Waals surface area contributed by atoms with Crippen molar-refractivity contribution in [2.24, 2.45) is 4.36 Å². The van der Waals surface area contributed by atoms with E-state index in [2.05, 4.69) is 24.6 Å². The van der Waals surface area contributed by atoms with Crippen molar-refractivity contribution in [1.29, 1.82) is 0 Å². The van der Waals surface area contributed by atoms with Gasteiger partial charge in [0, 0.05) is 11.4 Å². The number of benzene rings is 3. The van der Waals surface area contributed by atoms with Crippen LogP contribution in [0.3, 0.4) is 0 Å². The molecule has 1 aromatic heterocycles. The van der Waals surface area contributed by atoms with E-state index < -0.39 is 16.2 Å². The van der Waals surface area contributed by atoms with Crippen molar-refractivity contribution in [3.8, 4) is 17.1 Å². The second-order valence-corrected chi connectivity index (χ2v) is 10.7. The molecule has 1 heterocycles. The number of thiol groups is 1. The van der Waals surface area contributed by atoms with E-state index in [0.29, 0.717) is 28.8 Å². The first kappa shape index (κ1) is 24.9. The number of nitrogens with one attached hydrogen (secondary N) is 1. The average Bonchev–Trinajstić information content (AvgIpc) is 2.83. The van der Waals surface area contributed by atoms with Gasteiger partial charge in [0.2, 0.25) is 5.95 Å². The molecule has 0 saturated heterocycles. The molecule has 4 rings (SSSR count). The molecule has 9 nitrogen and oxygen atoms in total. The molecule has 0 radical (unpaired) electrons. The summed E-state index contributed by atoms with van der Waals surface area (Å²) in [7, 11) is -2.98. The number of nitrogens with zero attached hydrogens (tertiary/aromatic N) is 4. The van der Waals surface area contributed by atoms with Crippen LogP contribution in [0.15, 0.2) is 83.5 Å². The van der Waals surface area contributed by atoms with Gasteiger partial charge < -0.3 is 19.7 Å². The zero-order valence-electron chi connectivity index (χ0n) is 19.2. The van der Waals surface area contributed by atoms with E-state index in [1.54, 1.807) is 42.5 Å². The Kier molecular flexibility index (Phi) is 7.62. The van der Waals surface area contributed by atoms with Gasteiger partial charge >= 0.3 is 6.09 Å². The highest BCUT2D eigenvalue weighted by Crippen LogP contribution is 2.28. The van der Waals surface area contributed by atoms with Gasteiger partial charge in [-0.05, 0) is 53.8 Å². The second-order valence-electron chi connectivity index (χ2n) is 8.00. The Morgan fingerprint density at radius 2 is 1.83 bits per heavy atom. The topological polar surface area (TPSA) is 130 Å². The van der Waals surface area contributed by atoms with Crippen LogP contribution in [-0.4, -0.2) is 37.0 Å². The highest BCUT2D eigenvalue weighted by atomic mass is 32.3. The van der Waals surface area contributed by atoms with Gasteiger partial charge in [0.1, 0.15) is 24.5 Å². The summed E-state index contributed by atoms with van der Waals surface area (Å²) in [5, 5.41) is 12.0. The molecule has 0 aliphatic rings. The van der Waals surface area contributed by atoms with Crippen LogP contribution < -0.4 is 10.1 Å². The number of halogens is 1. The lowest BCUT2D eigenvalue weighted by atomic mass is 10.2. The van der Waals surface area contributed by atoms with E-state index in [9.17, 15) is 13.7 Å². The first-order valence-electron chi connectivity index (χ1n) is 10.8. The van der Waals surface area contributed by atoms with Gasteiger partial charge in [-0.2, -0.15) is 9.35 Å². The Bertz CT molecular complexity index is 1430. The molecule has 11 heteroatoms. The molecule has 36 heavy (non-hydrogen) atoms. The van der Waals surface area contributed by atoms with Gasteiger partial charge in [-0.3, -0.25) is 0 Å². The van der Waals surface area contributed by atoms with Gasteiger partial charge in [0.05, 0.1) is 5.56 Å². The molecule has 0 atom stereocenters. The first-order chi connectivity index (χ1) is 17.3. The highest BCUT2D eigenvalue weighted by Gasteiger charge is 2.12. The van der Waals surface area contributed by atoms with Crippen molar-refractivity contribution in [2.75, 3.05) is 11.6 Å². The molecule has 0 saturated carbocycles. The quantitative estimate of drug-likeness (QED) is 0.234. The third kappa shape index (κ3) is 6.90. The van der Waals surface area contributed by atoms with Crippen LogP contribution in [-0.2, 0) is 22.5 Å².